The zero-order chi connectivity index (χ0) is 21.7. The highest BCUT2D eigenvalue weighted by atomic mass is 35.5. The molecule has 0 aliphatic rings. The van der Waals surface area contributed by atoms with Crippen LogP contribution in [0.15, 0.2) is 78.6 Å². The molecule has 2 aromatic carbocycles. The number of carbonyl (C=O) groups excluding carboxylic acids is 1. The topological polar surface area (TPSA) is 50.2 Å². The van der Waals surface area contributed by atoms with Crippen LogP contribution in [0.5, 0.6) is 0 Å². The van der Waals surface area contributed by atoms with Gasteiger partial charge in [0.2, 0.25) is 0 Å². The molecule has 0 aliphatic heterocycles. The number of carbonyl (C=O) groups is 1. The van der Waals surface area contributed by atoms with E-state index in [-0.39, 0.29) is 11.7 Å². The Morgan fingerprint density at radius 1 is 1.03 bits per heavy atom. The molecule has 0 amide bonds. The number of aliphatic hydroxyl groups is 1. The van der Waals surface area contributed by atoms with Gasteiger partial charge in [0.1, 0.15) is 6.10 Å². The summed E-state index contributed by atoms with van der Waals surface area (Å²) in [4.78, 5) is 17.8. The second-order valence-corrected chi connectivity index (χ2v) is 7.99. The number of hydrogen-bond acceptors (Lipinski definition) is 3. The first kappa shape index (κ1) is 22.2. The number of ketones is 1. The molecule has 3 aromatic rings. The van der Waals surface area contributed by atoms with Gasteiger partial charge in [-0.2, -0.15) is 0 Å². The predicted molar refractivity (Wildman–Crippen MR) is 123 cm³/mol. The fourth-order valence-electron chi connectivity index (χ4n) is 3.41. The summed E-state index contributed by atoms with van der Waals surface area (Å²) in [6, 6.07) is 17.6. The maximum absolute atomic E-state index is 13.7. The lowest BCUT2D eigenvalue weighted by Gasteiger charge is -2.24. The van der Waals surface area contributed by atoms with Gasteiger partial charge >= 0.3 is 0 Å². The van der Waals surface area contributed by atoms with Crippen LogP contribution in [0.4, 0.5) is 0 Å². The van der Waals surface area contributed by atoms with Gasteiger partial charge in [0.05, 0.1) is 0 Å². The molecule has 2 atom stereocenters. The number of hydrogen-bond donors (Lipinski definition) is 1. The molecule has 0 bridgehead atoms. The molecule has 3 rings (SSSR count). The Morgan fingerprint density at radius 3 is 2.33 bits per heavy atom. The highest BCUT2D eigenvalue weighted by Crippen LogP contribution is 2.39. The smallest absolute Gasteiger partial charge is 0.192 e. The van der Waals surface area contributed by atoms with Crippen LogP contribution in [0, 0.1) is 5.92 Å². The summed E-state index contributed by atoms with van der Waals surface area (Å²) >= 11 is 12.5. The predicted octanol–water partition coefficient (Wildman–Crippen LogP) is 6.80. The van der Waals surface area contributed by atoms with E-state index in [1.165, 1.54) is 0 Å². The second kappa shape index (κ2) is 10.0. The van der Waals surface area contributed by atoms with Crippen LogP contribution in [-0.2, 0) is 0 Å². The minimum absolute atomic E-state index is 0.0116. The van der Waals surface area contributed by atoms with Crippen LogP contribution in [0.1, 0.15) is 47.9 Å². The molecule has 3 nitrogen and oxygen atoms in total. The normalized spacial score (nSPS) is 14.0. The summed E-state index contributed by atoms with van der Waals surface area (Å²) in [5, 5.41) is 12.4. The SMILES string of the molecule is CCC(C)/C(=C(\C(=O)c1ccc(Cl)cc1)C(O)c1cccnc1)c1ccccc1Cl. The summed E-state index contributed by atoms with van der Waals surface area (Å²) in [6.07, 6.45) is 2.82. The Hall–Kier alpha value is -2.46. The number of nitrogens with zero attached hydrogens (tertiary/aromatic N) is 1. The second-order valence-electron chi connectivity index (χ2n) is 7.14. The van der Waals surface area contributed by atoms with Gasteiger partial charge < -0.3 is 5.11 Å². The number of halogens is 2. The van der Waals surface area contributed by atoms with Gasteiger partial charge in [0.25, 0.3) is 0 Å². The molecule has 0 saturated carbocycles. The Labute approximate surface area is 187 Å². The molecule has 0 saturated heterocycles. The maximum Gasteiger partial charge on any atom is 0.192 e. The molecule has 2 unspecified atom stereocenters. The first-order valence-corrected chi connectivity index (χ1v) is 10.6. The van der Waals surface area contributed by atoms with Gasteiger partial charge in [0, 0.05) is 39.1 Å². The van der Waals surface area contributed by atoms with Gasteiger partial charge in [0.15, 0.2) is 5.78 Å². The largest absolute Gasteiger partial charge is 0.383 e. The lowest BCUT2D eigenvalue weighted by molar-refractivity contribution is 0.0987. The van der Waals surface area contributed by atoms with Crippen LogP contribution in [0.2, 0.25) is 10.0 Å². The van der Waals surface area contributed by atoms with Crippen LogP contribution in [-0.4, -0.2) is 15.9 Å². The van der Waals surface area contributed by atoms with Crippen LogP contribution >= 0.6 is 23.2 Å². The molecule has 30 heavy (non-hydrogen) atoms. The van der Waals surface area contributed by atoms with Gasteiger partial charge in [-0.15, -0.1) is 0 Å². The summed E-state index contributed by atoms with van der Waals surface area (Å²) in [5.74, 6) is -0.277. The van der Waals surface area contributed by atoms with Gasteiger partial charge in [-0.1, -0.05) is 61.3 Å². The fraction of sp³-hybridized carbons (Fsp3) is 0.200. The number of aromatic nitrogens is 1. The highest BCUT2D eigenvalue weighted by Gasteiger charge is 2.29. The van der Waals surface area contributed by atoms with E-state index in [2.05, 4.69) is 4.98 Å². The molecule has 1 heterocycles. The van der Waals surface area contributed by atoms with E-state index in [4.69, 9.17) is 23.2 Å². The van der Waals surface area contributed by atoms with Crippen molar-refractivity contribution in [1.82, 2.24) is 4.98 Å². The summed E-state index contributed by atoms with van der Waals surface area (Å²) in [6.45, 7) is 4.08. The van der Waals surface area contributed by atoms with Crippen molar-refractivity contribution in [2.75, 3.05) is 0 Å². The van der Waals surface area contributed by atoms with Gasteiger partial charge in [-0.05, 0) is 59.9 Å². The third-order valence-electron chi connectivity index (χ3n) is 5.18. The third-order valence-corrected chi connectivity index (χ3v) is 5.77. The Balaban J connectivity index is 2.30. The van der Waals surface area contributed by atoms with Crippen LogP contribution in [0.3, 0.4) is 0 Å². The van der Waals surface area contributed by atoms with E-state index < -0.39 is 6.10 Å². The van der Waals surface area contributed by atoms with E-state index in [0.29, 0.717) is 26.7 Å². The van der Waals surface area contributed by atoms with Crippen molar-refractivity contribution in [2.24, 2.45) is 5.92 Å². The zero-order valence-electron chi connectivity index (χ0n) is 16.8. The molecule has 0 radical (unpaired) electrons. The van der Waals surface area contributed by atoms with Gasteiger partial charge in [-0.3, -0.25) is 9.78 Å². The minimum Gasteiger partial charge on any atom is -0.383 e. The van der Waals surface area contributed by atoms with E-state index in [0.717, 1.165) is 17.6 Å². The van der Waals surface area contributed by atoms with Crippen LogP contribution in [0.25, 0.3) is 5.57 Å². The summed E-state index contributed by atoms with van der Waals surface area (Å²) in [5.41, 5.74) is 2.77. The number of rotatable bonds is 7. The molecule has 154 valence electrons. The van der Waals surface area contributed by atoms with Crippen molar-refractivity contribution in [2.45, 2.75) is 26.4 Å². The Morgan fingerprint density at radius 2 is 1.73 bits per heavy atom. The van der Waals surface area contributed by atoms with Crippen molar-refractivity contribution in [1.29, 1.82) is 0 Å². The Bertz CT molecular complexity index is 1050. The fourth-order valence-corrected chi connectivity index (χ4v) is 3.78. The molecule has 0 fully saturated rings. The molecule has 5 heteroatoms. The van der Waals surface area contributed by atoms with Crippen molar-refractivity contribution in [3.63, 3.8) is 0 Å². The quantitative estimate of drug-likeness (QED) is 0.325. The molecular formula is C25H23Cl2NO2. The average Bonchev–Trinajstić information content (AvgIpc) is 2.78. The number of benzene rings is 2. The lowest BCUT2D eigenvalue weighted by atomic mass is 9.81. The van der Waals surface area contributed by atoms with Crippen molar-refractivity contribution < 1.29 is 9.90 Å². The summed E-state index contributed by atoms with van der Waals surface area (Å²) in [7, 11) is 0. The summed E-state index contributed by atoms with van der Waals surface area (Å²) < 4.78 is 0. The van der Waals surface area contributed by atoms with Crippen molar-refractivity contribution >= 4 is 34.6 Å². The van der Waals surface area contributed by atoms with Crippen molar-refractivity contribution in [3.05, 3.63) is 105 Å². The molecule has 1 aromatic heterocycles. The number of Topliss-reactive ketones (excluding diaryl/α,β-unsaturated/α-hetero) is 1. The maximum atomic E-state index is 13.7. The lowest BCUT2D eigenvalue weighted by Crippen LogP contribution is -2.17. The third kappa shape index (κ3) is 4.81. The van der Waals surface area contributed by atoms with E-state index in [1.807, 2.05) is 32.0 Å². The standard InChI is InChI=1S/C25H23Cl2NO2/c1-3-16(2)22(20-8-4-5-9-21(20)27)23(25(30)18-7-6-14-28-15-18)24(29)17-10-12-19(26)13-11-17/h4-16,25,30H,3H2,1-2H3/b23-22-. The molecule has 0 spiro atoms. The highest BCUT2D eigenvalue weighted by molar-refractivity contribution is 6.33. The van der Waals surface area contributed by atoms with E-state index in [1.54, 1.807) is 54.9 Å². The number of allylic oxidation sites excluding steroid dienone is 1. The first-order valence-electron chi connectivity index (χ1n) is 9.81. The monoisotopic (exact) mass is 439 g/mol. The number of pyridine rings is 1. The minimum atomic E-state index is -1.15. The molecule has 0 aliphatic carbocycles. The van der Waals surface area contributed by atoms with E-state index >= 15 is 0 Å². The number of aliphatic hydroxyl groups excluding tert-OH is 1. The van der Waals surface area contributed by atoms with E-state index in [9.17, 15) is 9.90 Å². The average molecular weight is 440 g/mol. The molecular weight excluding hydrogens is 417 g/mol. The van der Waals surface area contributed by atoms with Crippen LogP contribution < -0.4 is 0 Å². The first-order chi connectivity index (χ1) is 14.4. The van der Waals surface area contributed by atoms with Crippen molar-refractivity contribution in [3.8, 4) is 0 Å². The zero-order valence-corrected chi connectivity index (χ0v) is 18.4. The molecule has 1 N–H and O–H groups in total. The Kier molecular flexibility index (Phi) is 7.43. The van der Waals surface area contributed by atoms with Gasteiger partial charge in [-0.25, -0.2) is 0 Å².